The monoisotopic (exact) mass is 265 g/mol. The molecular formula is C12H19N5O2. The number of carbonyl (C=O) groups is 1. The number of nitrogens with two attached hydrogens (primary N) is 1. The number of rotatable bonds is 4. The van der Waals surface area contributed by atoms with Crippen molar-refractivity contribution in [3.63, 3.8) is 0 Å². The Labute approximate surface area is 112 Å². The number of amides is 1. The predicted molar refractivity (Wildman–Crippen MR) is 72.0 cm³/mol. The highest BCUT2D eigenvalue weighted by Gasteiger charge is 2.32. The van der Waals surface area contributed by atoms with E-state index in [0.29, 0.717) is 24.0 Å². The van der Waals surface area contributed by atoms with Crippen molar-refractivity contribution >= 4 is 17.4 Å². The topological polar surface area (TPSA) is 93.4 Å². The number of likely N-dealkylation sites (N-methyl/N-ethyl adjacent to an activating group) is 1. The Morgan fingerprint density at radius 1 is 1.63 bits per heavy atom. The molecule has 19 heavy (non-hydrogen) atoms. The van der Waals surface area contributed by atoms with E-state index in [1.54, 1.807) is 7.05 Å². The zero-order chi connectivity index (χ0) is 13.8. The van der Waals surface area contributed by atoms with Gasteiger partial charge in [0.25, 0.3) is 0 Å². The summed E-state index contributed by atoms with van der Waals surface area (Å²) in [5.41, 5.74) is 6.42. The number of nitrogens with zero attached hydrogens (tertiary/aromatic N) is 3. The van der Waals surface area contributed by atoms with Gasteiger partial charge in [0.2, 0.25) is 11.8 Å². The molecule has 0 radical (unpaired) electrons. The molecule has 1 aliphatic rings. The fourth-order valence-corrected chi connectivity index (χ4v) is 2.31. The Bertz CT molecular complexity index is 465. The standard InChI is InChI=1S/C12H19N5O2/c1-3-19-12-9(13)10(15-7-16-12)17-6-4-5-8(17)11(18)14-2/h7-8H,3-6,13H2,1-2H3,(H,14,18). The van der Waals surface area contributed by atoms with Crippen LogP contribution < -0.4 is 20.7 Å². The van der Waals surface area contributed by atoms with Crippen LogP contribution in [0.1, 0.15) is 19.8 Å². The van der Waals surface area contributed by atoms with E-state index >= 15 is 0 Å². The van der Waals surface area contributed by atoms with Crippen LogP contribution in [0.3, 0.4) is 0 Å². The molecule has 3 N–H and O–H groups in total. The van der Waals surface area contributed by atoms with Crippen LogP contribution in [0.2, 0.25) is 0 Å². The van der Waals surface area contributed by atoms with E-state index in [1.807, 2.05) is 11.8 Å². The average molecular weight is 265 g/mol. The second-order valence-electron chi connectivity index (χ2n) is 4.31. The molecular weight excluding hydrogens is 246 g/mol. The third kappa shape index (κ3) is 2.54. The van der Waals surface area contributed by atoms with Crippen LogP contribution >= 0.6 is 0 Å². The minimum Gasteiger partial charge on any atom is -0.476 e. The molecule has 1 aliphatic heterocycles. The van der Waals surface area contributed by atoms with E-state index in [4.69, 9.17) is 10.5 Å². The van der Waals surface area contributed by atoms with Gasteiger partial charge in [0.15, 0.2) is 5.82 Å². The van der Waals surface area contributed by atoms with Crippen molar-refractivity contribution in [2.24, 2.45) is 0 Å². The van der Waals surface area contributed by atoms with Crippen molar-refractivity contribution in [3.05, 3.63) is 6.33 Å². The third-order valence-corrected chi connectivity index (χ3v) is 3.18. The fraction of sp³-hybridized carbons (Fsp3) is 0.583. The molecule has 1 amide bonds. The number of aromatic nitrogens is 2. The van der Waals surface area contributed by atoms with Gasteiger partial charge in [-0.3, -0.25) is 4.79 Å². The summed E-state index contributed by atoms with van der Waals surface area (Å²) in [5, 5.41) is 2.67. The van der Waals surface area contributed by atoms with Gasteiger partial charge in [-0.25, -0.2) is 4.98 Å². The highest BCUT2D eigenvalue weighted by molar-refractivity contribution is 5.86. The quantitative estimate of drug-likeness (QED) is 0.806. The van der Waals surface area contributed by atoms with E-state index in [1.165, 1.54) is 6.33 Å². The lowest BCUT2D eigenvalue weighted by atomic mass is 10.2. The van der Waals surface area contributed by atoms with Crippen LogP contribution in [-0.2, 0) is 4.79 Å². The van der Waals surface area contributed by atoms with E-state index in [2.05, 4.69) is 15.3 Å². The lowest BCUT2D eigenvalue weighted by Crippen LogP contribution is -2.42. The molecule has 1 aromatic heterocycles. The van der Waals surface area contributed by atoms with Crippen LogP contribution in [0, 0.1) is 0 Å². The second kappa shape index (κ2) is 5.73. The van der Waals surface area contributed by atoms with Gasteiger partial charge >= 0.3 is 0 Å². The molecule has 0 spiro atoms. The van der Waals surface area contributed by atoms with Crippen LogP contribution in [0.5, 0.6) is 5.88 Å². The maximum atomic E-state index is 11.9. The highest BCUT2D eigenvalue weighted by Crippen LogP contribution is 2.32. The van der Waals surface area contributed by atoms with Gasteiger partial charge in [-0.2, -0.15) is 4.98 Å². The predicted octanol–water partition coefficient (Wildman–Crippen LogP) is 0.172. The van der Waals surface area contributed by atoms with Crippen molar-refractivity contribution in [1.82, 2.24) is 15.3 Å². The van der Waals surface area contributed by atoms with Gasteiger partial charge in [-0.15, -0.1) is 0 Å². The summed E-state index contributed by atoms with van der Waals surface area (Å²) in [4.78, 5) is 22.0. The Hall–Kier alpha value is -2.05. The third-order valence-electron chi connectivity index (χ3n) is 3.18. The molecule has 2 heterocycles. The molecule has 0 saturated carbocycles. The Morgan fingerprint density at radius 2 is 2.42 bits per heavy atom. The fourth-order valence-electron chi connectivity index (χ4n) is 2.31. The summed E-state index contributed by atoms with van der Waals surface area (Å²) in [6.45, 7) is 3.11. The molecule has 1 fully saturated rings. The van der Waals surface area contributed by atoms with Gasteiger partial charge in [-0.1, -0.05) is 0 Å². The van der Waals surface area contributed by atoms with Crippen molar-refractivity contribution < 1.29 is 9.53 Å². The molecule has 7 heteroatoms. The summed E-state index contributed by atoms with van der Waals surface area (Å²) < 4.78 is 5.36. The lowest BCUT2D eigenvalue weighted by Gasteiger charge is -2.25. The first kappa shape index (κ1) is 13.4. The summed E-state index contributed by atoms with van der Waals surface area (Å²) in [7, 11) is 1.63. The first-order valence-corrected chi connectivity index (χ1v) is 6.40. The van der Waals surface area contributed by atoms with Crippen LogP contribution in [-0.4, -0.2) is 42.1 Å². The first-order valence-electron chi connectivity index (χ1n) is 6.40. The lowest BCUT2D eigenvalue weighted by molar-refractivity contribution is -0.121. The molecule has 1 saturated heterocycles. The van der Waals surface area contributed by atoms with Crippen LogP contribution in [0.4, 0.5) is 11.5 Å². The van der Waals surface area contributed by atoms with Gasteiger partial charge in [0.05, 0.1) is 6.61 Å². The average Bonchev–Trinajstić information content (AvgIpc) is 2.89. The molecule has 1 aromatic rings. The summed E-state index contributed by atoms with van der Waals surface area (Å²) >= 11 is 0. The Balaban J connectivity index is 2.30. The summed E-state index contributed by atoms with van der Waals surface area (Å²) in [5.74, 6) is 0.924. The molecule has 7 nitrogen and oxygen atoms in total. The SMILES string of the molecule is CCOc1ncnc(N2CCCC2C(=O)NC)c1N. The molecule has 104 valence electrons. The van der Waals surface area contributed by atoms with Gasteiger partial charge in [0.1, 0.15) is 18.1 Å². The van der Waals surface area contributed by atoms with E-state index < -0.39 is 0 Å². The minimum absolute atomic E-state index is 0.0199. The van der Waals surface area contributed by atoms with E-state index in [-0.39, 0.29) is 11.9 Å². The van der Waals surface area contributed by atoms with Gasteiger partial charge < -0.3 is 20.7 Å². The number of nitrogens with one attached hydrogen (secondary N) is 1. The van der Waals surface area contributed by atoms with E-state index in [9.17, 15) is 4.79 Å². The van der Waals surface area contributed by atoms with Crippen molar-refractivity contribution in [1.29, 1.82) is 0 Å². The van der Waals surface area contributed by atoms with Gasteiger partial charge in [0, 0.05) is 13.6 Å². The van der Waals surface area contributed by atoms with Crippen molar-refractivity contribution in [3.8, 4) is 5.88 Å². The molecule has 0 bridgehead atoms. The largest absolute Gasteiger partial charge is 0.476 e. The Kier molecular flexibility index (Phi) is 4.03. The number of anilines is 2. The second-order valence-corrected chi connectivity index (χ2v) is 4.31. The highest BCUT2D eigenvalue weighted by atomic mass is 16.5. The molecule has 1 atom stereocenters. The molecule has 0 aromatic carbocycles. The maximum Gasteiger partial charge on any atom is 0.242 e. The number of nitrogen functional groups attached to an aromatic ring is 1. The zero-order valence-corrected chi connectivity index (χ0v) is 11.2. The summed E-state index contributed by atoms with van der Waals surface area (Å²) in [6, 6.07) is -0.225. The van der Waals surface area contributed by atoms with Crippen LogP contribution in [0.25, 0.3) is 0 Å². The van der Waals surface area contributed by atoms with Crippen LogP contribution in [0.15, 0.2) is 6.33 Å². The number of hydrogen-bond acceptors (Lipinski definition) is 6. The smallest absolute Gasteiger partial charge is 0.242 e. The van der Waals surface area contributed by atoms with Gasteiger partial charge in [-0.05, 0) is 19.8 Å². The zero-order valence-electron chi connectivity index (χ0n) is 11.2. The first-order chi connectivity index (χ1) is 9.19. The normalized spacial score (nSPS) is 18.4. The molecule has 0 aliphatic carbocycles. The molecule has 2 rings (SSSR count). The number of carbonyl (C=O) groups excluding carboxylic acids is 1. The summed E-state index contributed by atoms with van der Waals surface area (Å²) in [6.07, 6.45) is 3.15. The van der Waals surface area contributed by atoms with Crippen molar-refractivity contribution in [2.75, 3.05) is 30.8 Å². The van der Waals surface area contributed by atoms with Crippen molar-refractivity contribution in [2.45, 2.75) is 25.8 Å². The van der Waals surface area contributed by atoms with E-state index in [0.717, 1.165) is 19.4 Å². The Morgan fingerprint density at radius 3 is 3.11 bits per heavy atom. The maximum absolute atomic E-state index is 11.9. The minimum atomic E-state index is -0.225. The number of ether oxygens (including phenoxy) is 1. The number of hydrogen-bond donors (Lipinski definition) is 2. The molecule has 1 unspecified atom stereocenters.